The van der Waals surface area contributed by atoms with Gasteiger partial charge in [0.25, 0.3) is 0 Å². The summed E-state index contributed by atoms with van der Waals surface area (Å²) in [5.74, 6) is 0. The van der Waals surface area contributed by atoms with Gasteiger partial charge in [0.2, 0.25) is 0 Å². The fourth-order valence-electron chi connectivity index (χ4n) is 1.94. The van der Waals surface area contributed by atoms with Crippen LogP contribution in [0.3, 0.4) is 0 Å². The highest BCUT2D eigenvalue weighted by Crippen LogP contribution is 2.26. The lowest BCUT2D eigenvalue weighted by molar-refractivity contribution is 0.0989. The average molecular weight is 252 g/mol. The third-order valence-corrected chi connectivity index (χ3v) is 6.35. The van der Waals surface area contributed by atoms with Crippen LogP contribution in [0, 0.1) is 0 Å². The summed E-state index contributed by atoms with van der Waals surface area (Å²) >= 11 is 0. The number of hydrogen-bond acceptors (Lipinski definition) is 4. The molecule has 0 bridgehead atoms. The van der Waals surface area contributed by atoms with Gasteiger partial charge in [0.1, 0.15) is 0 Å². The van der Waals surface area contributed by atoms with E-state index in [1.165, 1.54) is 0 Å². The van der Waals surface area contributed by atoms with Crippen molar-refractivity contribution in [3.05, 3.63) is 49.0 Å². The maximum absolute atomic E-state index is 5.66. The molecule has 0 saturated heterocycles. The molecule has 4 nitrogen and oxygen atoms in total. The molecule has 0 aromatic heterocycles. The second kappa shape index (κ2) is 5.35. The van der Waals surface area contributed by atoms with E-state index in [1.807, 2.05) is 36.5 Å². The van der Waals surface area contributed by atoms with E-state index in [0.717, 1.165) is 0 Å². The fourth-order valence-corrected chi connectivity index (χ4v) is 4.65. The maximum Gasteiger partial charge on any atom is 0.430 e. The van der Waals surface area contributed by atoms with Crippen LogP contribution in [0.15, 0.2) is 49.0 Å². The third kappa shape index (κ3) is 2.22. The molecule has 0 aromatic carbocycles. The molecule has 0 aliphatic carbocycles. The van der Waals surface area contributed by atoms with Crippen molar-refractivity contribution in [3.8, 4) is 0 Å². The number of rotatable bonds is 4. The van der Waals surface area contributed by atoms with Gasteiger partial charge in [0, 0.05) is 14.2 Å². The lowest BCUT2D eigenvalue weighted by atomic mass is 10.4. The minimum atomic E-state index is -2.66. The second-order valence-electron chi connectivity index (χ2n) is 3.67. The summed E-state index contributed by atoms with van der Waals surface area (Å²) in [6.07, 6.45) is 14.7. The molecule has 0 N–H and O–H groups in total. The van der Waals surface area contributed by atoms with E-state index in [-0.39, 0.29) is 11.5 Å². The normalized spacial score (nSPS) is 26.7. The summed E-state index contributed by atoms with van der Waals surface area (Å²) in [4.78, 5) is 0. The van der Waals surface area contributed by atoms with Crippen molar-refractivity contribution >= 4 is 8.56 Å². The Bertz CT molecular complexity index is 337. The van der Waals surface area contributed by atoms with Gasteiger partial charge in [-0.25, -0.2) is 0 Å². The van der Waals surface area contributed by atoms with E-state index in [2.05, 4.69) is 0 Å². The van der Waals surface area contributed by atoms with E-state index in [0.29, 0.717) is 0 Å². The molecule has 0 aromatic rings. The Kier molecular flexibility index (Phi) is 3.83. The quantitative estimate of drug-likeness (QED) is 0.714. The molecule has 92 valence electrons. The lowest BCUT2D eigenvalue weighted by Crippen LogP contribution is -2.61. The molecule has 0 saturated carbocycles. The molecule has 2 aliphatic rings. The molecule has 2 rings (SSSR count). The van der Waals surface area contributed by atoms with Crippen LogP contribution in [0.2, 0.25) is 0 Å². The van der Waals surface area contributed by atoms with Gasteiger partial charge in [0.05, 0.1) is 12.5 Å². The first-order valence-electron chi connectivity index (χ1n) is 5.41. The highest BCUT2D eigenvalue weighted by atomic mass is 28.4. The van der Waals surface area contributed by atoms with Crippen LogP contribution in [0.5, 0.6) is 0 Å². The van der Waals surface area contributed by atoms with Crippen LogP contribution in [-0.2, 0) is 18.3 Å². The summed E-state index contributed by atoms with van der Waals surface area (Å²) < 4.78 is 22.5. The van der Waals surface area contributed by atoms with Crippen molar-refractivity contribution < 1.29 is 18.3 Å². The molecule has 0 fully saturated rings. The largest absolute Gasteiger partial charge is 0.492 e. The Morgan fingerprint density at radius 2 is 1.29 bits per heavy atom. The van der Waals surface area contributed by atoms with Gasteiger partial charge >= 0.3 is 8.56 Å². The zero-order chi connectivity index (χ0) is 12.1. The van der Waals surface area contributed by atoms with Gasteiger partial charge in [-0.1, -0.05) is 12.2 Å². The minimum absolute atomic E-state index is 0.219. The number of ether oxygens (including phenoxy) is 2. The average Bonchev–Trinajstić information content (AvgIpc) is 2.43. The number of hydrogen-bond donors (Lipinski definition) is 0. The summed E-state index contributed by atoms with van der Waals surface area (Å²) in [5.41, 5.74) is -0.438. The summed E-state index contributed by atoms with van der Waals surface area (Å²) in [5, 5.41) is 0. The van der Waals surface area contributed by atoms with Crippen molar-refractivity contribution in [1.82, 2.24) is 0 Å². The molecule has 17 heavy (non-hydrogen) atoms. The van der Waals surface area contributed by atoms with E-state index in [4.69, 9.17) is 18.3 Å². The third-order valence-electron chi connectivity index (χ3n) is 2.83. The van der Waals surface area contributed by atoms with Crippen molar-refractivity contribution in [3.63, 3.8) is 0 Å². The predicted molar refractivity (Wildman–Crippen MR) is 66.1 cm³/mol. The first-order valence-corrected chi connectivity index (χ1v) is 7.38. The lowest BCUT2D eigenvalue weighted by Gasteiger charge is -2.37. The molecular formula is C12H16O4Si. The molecule has 0 amide bonds. The SMILES string of the molecule is CO[Si](OC)(C1C=CC=CO1)C1C=CC=CO1. The van der Waals surface area contributed by atoms with Crippen LogP contribution in [-0.4, -0.2) is 34.2 Å². The van der Waals surface area contributed by atoms with Crippen LogP contribution in [0.25, 0.3) is 0 Å². The first kappa shape index (κ1) is 12.2. The van der Waals surface area contributed by atoms with E-state index < -0.39 is 8.56 Å². The topological polar surface area (TPSA) is 36.9 Å². The zero-order valence-corrected chi connectivity index (χ0v) is 10.9. The van der Waals surface area contributed by atoms with Crippen LogP contribution < -0.4 is 0 Å². The van der Waals surface area contributed by atoms with E-state index in [9.17, 15) is 0 Å². The summed E-state index contributed by atoms with van der Waals surface area (Å²) in [6.45, 7) is 0. The Balaban J connectivity index is 2.24. The molecule has 0 spiro atoms. The Morgan fingerprint density at radius 1 is 0.824 bits per heavy atom. The Labute approximate surface area is 102 Å². The molecule has 5 heteroatoms. The predicted octanol–water partition coefficient (Wildman–Crippen LogP) is 1.74. The summed E-state index contributed by atoms with van der Waals surface area (Å²) in [6, 6.07) is 0. The fraction of sp³-hybridized carbons (Fsp3) is 0.333. The summed E-state index contributed by atoms with van der Waals surface area (Å²) in [7, 11) is 0.617. The van der Waals surface area contributed by atoms with E-state index in [1.54, 1.807) is 26.7 Å². The number of allylic oxidation sites excluding steroid dienone is 4. The highest BCUT2D eigenvalue weighted by molar-refractivity contribution is 6.71. The molecule has 2 heterocycles. The maximum atomic E-state index is 5.66. The zero-order valence-electron chi connectivity index (χ0n) is 9.91. The van der Waals surface area contributed by atoms with Gasteiger partial charge in [-0.2, -0.15) is 0 Å². The van der Waals surface area contributed by atoms with Gasteiger partial charge in [-0.15, -0.1) is 0 Å². The Morgan fingerprint density at radius 3 is 1.59 bits per heavy atom. The molecule has 2 atom stereocenters. The second-order valence-corrected chi connectivity index (χ2v) is 7.07. The minimum Gasteiger partial charge on any atom is -0.492 e. The van der Waals surface area contributed by atoms with Gasteiger partial charge < -0.3 is 18.3 Å². The molecular weight excluding hydrogens is 236 g/mol. The van der Waals surface area contributed by atoms with Crippen LogP contribution >= 0.6 is 0 Å². The highest BCUT2D eigenvalue weighted by Gasteiger charge is 2.53. The van der Waals surface area contributed by atoms with Gasteiger partial charge in [-0.3, -0.25) is 0 Å². The monoisotopic (exact) mass is 252 g/mol. The van der Waals surface area contributed by atoms with Crippen molar-refractivity contribution in [1.29, 1.82) is 0 Å². The van der Waals surface area contributed by atoms with Crippen molar-refractivity contribution in [2.45, 2.75) is 11.5 Å². The van der Waals surface area contributed by atoms with Gasteiger partial charge in [0.15, 0.2) is 11.5 Å². The molecule has 2 aliphatic heterocycles. The van der Waals surface area contributed by atoms with Crippen LogP contribution in [0.4, 0.5) is 0 Å². The smallest absolute Gasteiger partial charge is 0.430 e. The Hall–Kier alpha value is -1.30. The van der Waals surface area contributed by atoms with Gasteiger partial charge in [-0.05, 0) is 24.3 Å². The van der Waals surface area contributed by atoms with Crippen LogP contribution in [0.1, 0.15) is 0 Å². The first-order chi connectivity index (χ1) is 8.33. The van der Waals surface area contributed by atoms with Crippen molar-refractivity contribution in [2.75, 3.05) is 14.2 Å². The van der Waals surface area contributed by atoms with Crippen molar-refractivity contribution in [2.24, 2.45) is 0 Å². The molecule has 2 unspecified atom stereocenters. The van der Waals surface area contributed by atoms with E-state index >= 15 is 0 Å². The standard InChI is InChI=1S/C12H16O4Si/c1-13-17(14-2,11-7-3-5-9-15-11)12-8-4-6-10-16-12/h3-12H,1-2H3. The molecule has 0 radical (unpaired) electrons.